The summed E-state index contributed by atoms with van der Waals surface area (Å²) in [5.41, 5.74) is 7.97. The quantitative estimate of drug-likeness (QED) is 0.409. The Morgan fingerprint density at radius 1 is 1.45 bits per heavy atom. The molecule has 1 saturated carbocycles. The molecule has 1 aromatic carbocycles. The minimum Gasteiger partial charge on any atom is -0.507 e. The van der Waals surface area contributed by atoms with Crippen LogP contribution in [0.5, 0.6) is 5.75 Å². The van der Waals surface area contributed by atoms with Crippen molar-refractivity contribution in [2.75, 3.05) is 0 Å². The minimum absolute atomic E-state index is 0.168. The fourth-order valence-electron chi connectivity index (χ4n) is 2.80. The number of halogens is 1. The Morgan fingerprint density at radius 2 is 2.15 bits per heavy atom. The van der Waals surface area contributed by atoms with Gasteiger partial charge in [0.15, 0.2) is 7.57 Å². The summed E-state index contributed by atoms with van der Waals surface area (Å²) < 4.78 is 0. The van der Waals surface area contributed by atoms with Crippen LogP contribution in [0.2, 0.25) is 0 Å². The van der Waals surface area contributed by atoms with Crippen LogP contribution in [0, 0.1) is 6.92 Å². The highest BCUT2D eigenvalue weighted by Gasteiger charge is 2.21. The van der Waals surface area contributed by atoms with Gasteiger partial charge in [-0.1, -0.05) is 40.3 Å². The zero-order chi connectivity index (χ0) is 14.7. The van der Waals surface area contributed by atoms with E-state index in [-0.39, 0.29) is 11.5 Å². The first-order valence-corrected chi connectivity index (χ1v) is 11.8. The van der Waals surface area contributed by atoms with Gasteiger partial charge >= 0.3 is 0 Å². The number of nitrogens with one attached hydrogen (secondary N) is 1. The summed E-state index contributed by atoms with van der Waals surface area (Å²) in [5.74, 6) is 0.430. The second-order valence-corrected chi connectivity index (χ2v) is 11.5. The first-order chi connectivity index (χ1) is 9.49. The molecule has 4 N–H and O–H groups in total. The maximum Gasteiger partial charge on any atom is 0.152 e. The van der Waals surface area contributed by atoms with Crippen LogP contribution < -0.4 is 16.4 Å². The van der Waals surface area contributed by atoms with Crippen LogP contribution in [0.3, 0.4) is 0 Å². The van der Waals surface area contributed by atoms with Crippen molar-refractivity contribution in [1.82, 2.24) is 5.32 Å². The lowest BCUT2D eigenvalue weighted by Crippen LogP contribution is -2.46. The van der Waals surface area contributed by atoms with Gasteiger partial charge in [-0.2, -0.15) is 0 Å². The van der Waals surface area contributed by atoms with Crippen molar-refractivity contribution in [3.05, 3.63) is 23.3 Å². The van der Waals surface area contributed by atoms with Crippen LogP contribution in [0.4, 0.5) is 0 Å². The zero-order valence-corrected chi connectivity index (χ0v) is 15.2. The third-order valence-electron chi connectivity index (χ3n) is 4.09. The van der Waals surface area contributed by atoms with Crippen molar-refractivity contribution in [2.45, 2.75) is 51.2 Å². The number of hydrogen-bond donors (Lipinski definition) is 3. The molecule has 0 bridgehead atoms. The minimum atomic E-state index is -0.168. The van der Waals surface area contributed by atoms with Crippen LogP contribution in [0.1, 0.15) is 36.8 Å². The predicted octanol–water partition coefficient (Wildman–Crippen LogP) is 2.07. The van der Waals surface area contributed by atoms with E-state index in [0.717, 1.165) is 24.0 Å². The van der Waals surface area contributed by atoms with Crippen molar-refractivity contribution in [2.24, 2.45) is 5.73 Å². The molecule has 1 aromatic rings. The maximum absolute atomic E-state index is 10.2. The fraction of sp³-hybridized carbons (Fsp3) is 0.571. The molecule has 20 heavy (non-hydrogen) atoms. The Kier molecular flexibility index (Phi) is 6.15. The zero-order valence-electron chi connectivity index (χ0n) is 12.2. The molecular formula is C14H23BIN2OP. The van der Waals surface area contributed by atoms with Gasteiger partial charge in [-0.15, -0.1) is 0 Å². The summed E-state index contributed by atoms with van der Waals surface area (Å²) in [6, 6.07) is 4.88. The van der Waals surface area contributed by atoms with Crippen molar-refractivity contribution >= 4 is 40.4 Å². The van der Waals surface area contributed by atoms with E-state index in [1.54, 1.807) is 0 Å². The SMILES string of the molecule is BP(I)c1cc(C)c(O)c(CNC2CCCCC2N)c1. The Hall–Kier alpha value is 0.165. The van der Waals surface area contributed by atoms with Gasteiger partial charge in [0, 0.05) is 24.2 Å². The number of nitrogens with two attached hydrogens (primary N) is 1. The van der Waals surface area contributed by atoms with Gasteiger partial charge in [0.1, 0.15) is 5.75 Å². The summed E-state index contributed by atoms with van der Waals surface area (Å²) in [5, 5.41) is 15.1. The van der Waals surface area contributed by atoms with Gasteiger partial charge in [0.2, 0.25) is 0 Å². The van der Waals surface area contributed by atoms with Crippen molar-refractivity contribution in [3.63, 3.8) is 0 Å². The largest absolute Gasteiger partial charge is 0.507 e. The molecule has 0 radical (unpaired) electrons. The van der Waals surface area contributed by atoms with Crippen molar-refractivity contribution in [3.8, 4) is 5.75 Å². The van der Waals surface area contributed by atoms with Gasteiger partial charge in [-0.3, -0.25) is 0 Å². The van der Waals surface area contributed by atoms with Gasteiger partial charge in [0.25, 0.3) is 0 Å². The molecule has 6 heteroatoms. The van der Waals surface area contributed by atoms with Gasteiger partial charge in [0.05, 0.1) is 0 Å². The molecule has 1 aliphatic rings. The average molecular weight is 404 g/mol. The van der Waals surface area contributed by atoms with E-state index in [0.29, 0.717) is 18.3 Å². The molecule has 3 nitrogen and oxygen atoms in total. The molecule has 0 aliphatic heterocycles. The van der Waals surface area contributed by atoms with E-state index < -0.39 is 0 Å². The normalized spacial score (nSPS) is 24.6. The predicted molar refractivity (Wildman–Crippen MR) is 99.0 cm³/mol. The maximum atomic E-state index is 10.2. The second kappa shape index (κ2) is 7.43. The molecule has 0 aromatic heterocycles. The third-order valence-corrected chi connectivity index (χ3v) is 6.74. The lowest BCUT2D eigenvalue weighted by molar-refractivity contribution is 0.325. The number of aryl methyl sites for hydroxylation is 1. The van der Waals surface area contributed by atoms with Crippen LogP contribution in [-0.2, 0) is 6.54 Å². The molecule has 0 saturated heterocycles. The van der Waals surface area contributed by atoms with Gasteiger partial charge in [-0.25, -0.2) is 0 Å². The topological polar surface area (TPSA) is 58.3 Å². The Morgan fingerprint density at radius 3 is 2.80 bits per heavy atom. The van der Waals surface area contributed by atoms with E-state index >= 15 is 0 Å². The van der Waals surface area contributed by atoms with Gasteiger partial charge in [-0.05, 0) is 42.8 Å². The fourth-order valence-corrected chi connectivity index (χ4v) is 4.34. The van der Waals surface area contributed by atoms with Crippen molar-refractivity contribution < 1.29 is 5.11 Å². The molecule has 1 fully saturated rings. The molecule has 2 rings (SSSR count). The van der Waals surface area contributed by atoms with E-state index in [1.807, 2.05) is 6.92 Å². The lowest BCUT2D eigenvalue weighted by Gasteiger charge is -2.29. The number of rotatable bonds is 4. The summed E-state index contributed by atoms with van der Waals surface area (Å²) in [7, 11) is 2.23. The second-order valence-electron chi connectivity index (χ2n) is 5.68. The molecule has 0 spiro atoms. The first kappa shape index (κ1) is 16.5. The van der Waals surface area contributed by atoms with Crippen LogP contribution >= 0.6 is 27.5 Å². The number of phenolic OH excluding ortho intramolecular Hbond substituents is 1. The summed E-state index contributed by atoms with van der Waals surface area (Å²) in [6.45, 7) is 2.68. The average Bonchev–Trinajstić information content (AvgIpc) is 2.41. The molecular weight excluding hydrogens is 381 g/mol. The molecule has 110 valence electrons. The molecule has 1 aliphatic carbocycles. The van der Waals surface area contributed by atoms with Crippen LogP contribution in [-0.4, -0.2) is 24.8 Å². The highest BCUT2D eigenvalue weighted by molar-refractivity contribution is 14.2. The Labute approximate surface area is 136 Å². The highest BCUT2D eigenvalue weighted by atomic mass is 127. The summed E-state index contributed by atoms with van der Waals surface area (Å²) in [6.07, 6.45) is 4.75. The van der Waals surface area contributed by atoms with E-state index in [2.05, 4.69) is 47.1 Å². The summed E-state index contributed by atoms with van der Waals surface area (Å²) in [4.78, 5) is 0. The Balaban J connectivity index is 2.08. The molecule has 3 atom stereocenters. The third kappa shape index (κ3) is 4.09. The number of benzene rings is 1. The van der Waals surface area contributed by atoms with E-state index in [4.69, 9.17) is 5.73 Å². The van der Waals surface area contributed by atoms with E-state index in [9.17, 15) is 5.11 Å². The molecule has 0 amide bonds. The Bertz CT molecular complexity index is 473. The van der Waals surface area contributed by atoms with Gasteiger partial charge < -0.3 is 16.2 Å². The highest BCUT2D eigenvalue weighted by Crippen LogP contribution is 2.39. The van der Waals surface area contributed by atoms with E-state index in [1.165, 1.54) is 18.1 Å². The smallest absolute Gasteiger partial charge is 0.152 e. The monoisotopic (exact) mass is 404 g/mol. The molecule has 3 unspecified atom stereocenters. The number of aromatic hydroxyl groups is 1. The lowest BCUT2D eigenvalue weighted by atomic mass is 9.91. The number of phenols is 1. The van der Waals surface area contributed by atoms with Crippen molar-refractivity contribution in [1.29, 1.82) is 0 Å². The number of hydrogen-bond acceptors (Lipinski definition) is 3. The molecule has 0 heterocycles. The first-order valence-electron chi connectivity index (χ1n) is 7.20. The summed E-state index contributed by atoms with van der Waals surface area (Å²) >= 11 is 2.47. The van der Waals surface area contributed by atoms with Crippen LogP contribution in [0.15, 0.2) is 12.1 Å². The standard InChI is InChI=1S/C14H23BIN2OP/c1-9-6-11(20(15)16)7-10(14(9)19)8-18-13-5-3-2-4-12(13)17/h6-7,12-13,18-19H,2-5,8,15,17H2,1H3. The van der Waals surface area contributed by atoms with Crippen LogP contribution in [0.25, 0.3) is 0 Å².